The fraction of sp³-hybridized carbons (Fsp3) is 0.222. The maximum atomic E-state index is 13.3. The highest BCUT2D eigenvalue weighted by atomic mass is 32.1. The van der Waals surface area contributed by atoms with Crippen LogP contribution in [-0.4, -0.2) is 36.1 Å². The molecule has 1 aromatic carbocycles. The lowest BCUT2D eigenvalue weighted by molar-refractivity contribution is 0.588. The monoisotopic (exact) mass is 356 g/mol. The third-order valence-electron chi connectivity index (χ3n) is 4.16. The van der Waals surface area contributed by atoms with Gasteiger partial charge in [0.25, 0.3) is 0 Å². The number of nitrogens with zero attached hydrogens (tertiary/aromatic N) is 2. The summed E-state index contributed by atoms with van der Waals surface area (Å²) in [6.45, 7) is 3.63. The highest BCUT2D eigenvalue weighted by Gasteiger charge is 2.20. The van der Waals surface area contributed by atoms with Crippen LogP contribution in [0.2, 0.25) is 0 Å². The summed E-state index contributed by atoms with van der Waals surface area (Å²) in [5, 5.41) is 4.26. The van der Waals surface area contributed by atoms with Gasteiger partial charge in [0.1, 0.15) is 5.82 Å². The number of hydrogen-bond acceptors (Lipinski definition) is 5. The molecule has 3 aromatic rings. The van der Waals surface area contributed by atoms with E-state index in [-0.39, 0.29) is 11.4 Å². The molecule has 2 N–H and O–H groups in total. The van der Waals surface area contributed by atoms with Crippen molar-refractivity contribution >= 4 is 16.5 Å². The van der Waals surface area contributed by atoms with Crippen molar-refractivity contribution in [2.24, 2.45) is 0 Å². The second-order valence-corrected chi connectivity index (χ2v) is 6.84. The van der Waals surface area contributed by atoms with Crippen molar-refractivity contribution in [1.82, 2.24) is 15.3 Å². The van der Waals surface area contributed by atoms with Crippen LogP contribution in [0.25, 0.3) is 21.7 Å². The molecule has 5 nitrogen and oxygen atoms in total. The van der Waals surface area contributed by atoms with E-state index >= 15 is 0 Å². The third kappa shape index (κ3) is 3.33. The van der Waals surface area contributed by atoms with Crippen molar-refractivity contribution in [3.8, 4) is 21.7 Å². The molecule has 1 fully saturated rings. The first-order valence-electron chi connectivity index (χ1n) is 8.12. The molecule has 4 rings (SSSR count). The lowest BCUT2D eigenvalue weighted by Crippen LogP contribution is -2.43. The lowest BCUT2D eigenvalue weighted by Gasteiger charge is -2.26. The molecule has 1 aliphatic rings. The Hall–Kier alpha value is -2.51. The van der Waals surface area contributed by atoms with Crippen LogP contribution in [0.3, 0.4) is 0 Å². The van der Waals surface area contributed by atoms with E-state index in [0.717, 1.165) is 53.0 Å². The number of H-pyrrole nitrogens is 1. The van der Waals surface area contributed by atoms with Gasteiger partial charge < -0.3 is 15.2 Å². The summed E-state index contributed by atoms with van der Waals surface area (Å²) in [5.74, 6) is -0.279. The Morgan fingerprint density at radius 2 is 1.84 bits per heavy atom. The number of anilines is 1. The molecule has 1 saturated heterocycles. The van der Waals surface area contributed by atoms with Gasteiger partial charge in [-0.25, -0.2) is 9.37 Å². The second kappa shape index (κ2) is 6.78. The summed E-state index contributed by atoms with van der Waals surface area (Å²) in [6, 6.07) is 9.75. The minimum absolute atomic E-state index is 0.153. The predicted octanol–water partition coefficient (Wildman–Crippen LogP) is 2.71. The zero-order valence-electron chi connectivity index (χ0n) is 13.5. The molecule has 2 aromatic heterocycles. The molecule has 0 spiro atoms. The van der Waals surface area contributed by atoms with Gasteiger partial charge in [0, 0.05) is 49.6 Å². The van der Waals surface area contributed by atoms with Gasteiger partial charge in [-0.1, -0.05) is 11.3 Å². The van der Waals surface area contributed by atoms with E-state index in [1.165, 1.54) is 12.1 Å². The van der Waals surface area contributed by atoms with Crippen LogP contribution in [0.4, 0.5) is 9.52 Å². The van der Waals surface area contributed by atoms with Gasteiger partial charge >= 0.3 is 0 Å². The number of piperazine rings is 1. The van der Waals surface area contributed by atoms with Crippen molar-refractivity contribution in [2.75, 3.05) is 31.1 Å². The molecule has 7 heteroatoms. The summed E-state index contributed by atoms with van der Waals surface area (Å²) in [6.07, 6.45) is 1.64. The number of pyridine rings is 1. The molecular formula is C18H17FN4OS. The Kier molecular flexibility index (Phi) is 4.33. The van der Waals surface area contributed by atoms with Crippen LogP contribution >= 0.6 is 11.3 Å². The summed E-state index contributed by atoms with van der Waals surface area (Å²) >= 11 is 1.57. The van der Waals surface area contributed by atoms with E-state index in [4.69, 9.17) is 4.98 Å². The Labute approximate surface area is 148 Å². The van der Waals surface area contributed by atoms with Crippen molar-refractivity contribution < 1.29 is 4.39 Å². The standard InChI is InChI=1S/C18H17FN4OS/c19-14-3-1-12(2-4-14)16-17(13-5-6-21-15(24)11-13)25-18(22-16)23-9-7-20-8-10-23/h1-6,11,20H,7-10H2,(H,21,24). The second-order valence-electron chi connectivity index (χ2n) is 5.86. The lowest BCUT2D eigenvalue weighted by atomic mass is 10.1. The number of nitrogens with one attached hydrogen (secondary N) is 2. The minimum atomic E-state index is -0.279. The molecule has 0 saturated carbocycles. The molecule has 3 heterocycles. The maximum absolute atomic E-state index is 13.3. The van der Waals surface area contributed by atoms with Crippen molar-refractivity contribution in [2.45, 2.75) is 0 Å². The smallest absolute Gasteiger partial charge is 0.248 e. The molecule has 0 amide bonds. The normalized spacial score (nSPS) is 14.7. The Bertz CT molecular complexity index is 929. The van der Waals surface area contributed by atoms with Gasteiger partial charge in [0.05, 0.1) is 10.6 Å². The number of halogens is 1. The van der Waals surface area contributed by atoms with Crippen molar-refractivity contribution in [1.29, 1.82) is 0 Å². The quantitative estimate of drug-likeness (QED) is 0.758. The van der Waals surface area contributed by atoms with Crippen LogP contribution in [0, 0.1) is 5.82 Å². The molecule has 0 bridgehead atoms. The summed E-state index contributed by atoms with van der Waals surface area (Å²) in [7, 11) is 0. The number of thiazole rings is 1. The highest BCUT2D eigenvalue weighted by molar-refractivity contribution is 7.19. The molecule has 0 aliphatic carbocycles. The maximum Gasteiger partial charge on any atom is 0.248 e. The molecule has 0 radical (unpaired) electrons. The van der Waals surface area contributed by atoms with Crippen LogP contribution in [0.1, 0.15) is 0 Å². The van der Waals surface area contributed by atoms with Crippen LogP contribution in [-0.2, 0) is 0 Å². The number of aromatic amines is 1. The molecule has 0 atom stereocenters. The summed E-state index contributed by atoms with van der Waals surface area (Å²) in [4.78, 5) is 22.3. The van der Waals surface area contributed by atoms with Gasteiger partial charge in [0.2, 0.25) is 5.56 Å². The number of aromatic nitrogens is 2. The van der Waals surface area contributed by atoms with E-state index < -0.39 is 0 Å². The highest BCUT2D eigenvalue weighted by Crippen LogP contribution is 2.40. The minimum Gasteiger partial charge on any atom is -0.346 e. The largest absolute Gasteiger partial charge is 0.346 e. The first-order valence-corrected chi connectivity index (χ1v) is 8.94. The van der Waals surface area contributed by atoms with E-state index in [0.29, 0.717) is 0 Å². The van der Waals surface area contributed by atoms with Crippen LogP contribution in [0.5, 0.6) is 0 Å². The Morgan fingerprint density at radius 1 is 1.08 bits per heavy atom. The van der Waals surface area contributed by atoms with E-state index in [9.17, 15) is 9.18 Å². The fourth-order valence-corrected chi connectivity index (χ4v) is 4.02. The summed E-state index contributed by atoms with van der Waals surface area (Å²) < 4.78 is 13.3. The van der Waals surface area contributed by atoms with E-state index in [2.05, 4.69) is 15.2 Å². The topological polar surface area (TPSA) is 61.0 Å². The van der Waals surface area contributed by atoms with Crippen LogP contribution in [0.15, 0.2) is 47.4 Å². The van der Waals surface area contributed by atoms with E-state index in [1.54, 1.807) is 35.7 Å². The molecule has 128 valence electrons. The first-order chi connectivity index (χ1) is 12.2. The molecular weight excluding hydrogens is 339 g/mol. The Balaban J connectivity index is 1.83. The SMILES string of the molecule is O=c1cc(-c2sc(N3CCNCC3)nc2-c2ccc(F)cc2)cc[nH]1. The predicted molar refractivity (Wildman–Crippen MR) is 98.6 cm³/mol. The molecule has 25 heavy (non-hydrogen) atoms. The fourth-order valence-electron chi connectivity index (χ4n) is 2.89. The zero-order valence-corrected chi connectivity index (χ0v) is 14.3. The average molecular weight is 356 g/mol. The average Bonchev–Trinajstić information content (AvgIpc) is 3.08. The number of benzene rings is 1. The van der Waals surface area contributed by atoms with E-state index in [1.807, 2.05) is 6.07 Å². The molecule has 0 unspecified atom stereocenters. The van der Waals surface area contributed by atoms with Crippen molar-refractivity contribution in [3.63, 3.8) is 0 Å². The third-order valence-corrected chi connectivity index (χ3v) is 5.32. The van der Waals surface area contributed by atoms with Gasteiger partial charge in [-0.2, -0.15) is 0 Å². The first kappa shape index (κ1) is 16.0. The van der Waals surface area contributed by atoms with Crippen LogP contribution < -0.4 is 15.8 Å². The van der Waals surface area contributed by atoms with Crippen molar-refractivity contribution in [3.05, 3.63) is 58.8 Å². The number of rotatable bonds is 3. The van der Waals surface area contributed by atoms with Gasteiger partial charge in [-0.3, -0.25) is 4.79 Å². The number of hydrogen-bond donors (Lipinski definition) is 2. The molecule has 1 aliphatic heterocycles. The van der Waals surface area contributed by atoms with Gasteiger partial charge in [-0.15, -0.1) is 0 Å². The zero-order chi connectivity index (χ0) is 17.2. The Morgan fingerprint density at radius 3 is 2.56 bits per heavy atom. The van der Waals surface area contributed by atoms with Gasteiger partial charge in [-0.05, 0) is 30.3 Å². The van der Waals surface area contributed by atoms with Gasteiger partial charge in [0.15, 0.2) is 5.13 Å². The summed E-state index contributed by atoms with van der Waals surface area (Å²) in [5.41, 5.74) is 2.29.